The molecule has 6 nitrogen and oxygen atoms in total. The Hall–Kier alpha value is -2.76. The van der Waals surface area contributed by atoms with Gasteiger partial charge in [-0.25, -0.2) is 0 Å². The molecule has 144 valence electrons. The SMILES string of the molecule is CCOc1cc(C)c(C(=O)N2CCN(C(=O)Cc3ccc[nH]3)CC2)cc1C. The minimum Gasteiger partial charge on any atom is -0.494 e. The third-order valence-corrected chi connectivity index (χ3v) is 4.98. The molecule has 2 amide bonds. The lowest BCUT2D eigenvalue weighted by Crippen LogP contribution is -2.51. The lowest BCUT2D eigenvalue weighted by Gasteiger charge is -2.35. The summed E-state index contributed by atoms with van der Waals surface area (Å²) in [5, 5.41) is 0. The first kappa shape index (κ1) is 19.0. The third-order valence-electron chi connectivity index (χ3n) is 4.98. The molecule has 6 heteroatoms. The highest BCUT2D eigenvalue weighted by Gasteiger charge is 2.26. The second-order valence-electron chi connectivity index (χ2n) is 6.91. The number of H-pyrrole nitrogens is 1. The van der Waals surface area contributed by atoms with Gasteiger partial charge in [-0.15, -0.1) is 0 Å². The van der Waals surface area contributed by atoms with Crippen molar-refractivity contribution in [1.82, 2.24) is 14.8 Å². The van der Waals surface area contributed by atoms with Crippen molar-refractivity contribution in [3.63, 3.8) is 0 Å². The number of carbonyl (C=O) groups is 2. The quantitative estimate of drug-likeness (QED) is 0.881. The van der Waals surface area contributed by atoms with Gasteiger partial charge in [0.15, 0.2) is 0 Å². The van der Waals surface area contributed by atoms with Gasteiger partial charge < -0.3 is 19.5 Å². The van der Waals surface area contributed by atoms with Crippen LogP contribution in [0.2, 0.25) is 0 Å². The smallest absolute Gasteiger partial charge is 0.254 e. The number of amides is 2. The monoisotopic (exact) mass is 369 g/mol. The highest BCUT2D eigenvalue weighted by molar-refractivity contribution is 5.96. The van der Waals surface area contributed by atoms with Crippen molar-refractivity contribution in [2.24, 2.45) is 0 Å². The van der Waals surface area contributed by atoms with Gasteiger partial charge in [0.25, 0.3) is 5.91 Å². The van der Waals surface area contributed by atoms with Crippen LogP contribution in [0.25, 0.3) is 0 Å². The summed E-state index contributed by atoms with van der Waals surface area (Å²) in [6, 6.07) is 7.64. The maximum atomic E-state index is 13.0. The Morgan fingerprint density at radius 1 is 1.07 bits per heavy atom. The summed E-state index contributed by atoms with van der Waals surface area (Å²) in [6.45, 7) is 8.70. The molecule has 1 fully saturated rings. The first-order valence-electron chi connectivity index (χ1n) is 9.43. The lowest BCUT2D eigenvalue weighted by atomic mass is 10.0. The summed E-state index contributed by atoms with van der Waals surface area (Å²) >= 11 is 0. The van der Waals surface area contributed by atoms with E-state index in [1.165, 1.54) is 0 Å². The molecular formula is C21H27N3O3. The molecule has 3 rings (SSSR count). The molecule has 0 aliphatic carbocycles. The van der Waals surface area contributed by atoms with E-state index in [1.807, 2.05) is 61.0 Å². The predicted molar refractivity (Wildman–Crippen MR) is 104 cm³/mol. The molecular weight excluding hydrogens is 342 g/mol. The number of aromatic nitrogens is 1. The number of nitrogens with zero attached hydrogens (tertiary/aromatic N) is 2. The van der Waals surface area contributed by atoms with E-state index in [-0.39, 0.29) is 11.8 Å². The zero-order chi connectivity index (χ0) is 19.4. The fraction of sp³-hybridized carbons (Fsp3) is 0.429. The average molecular weight is 369 g/mol. The Bertz CT molecular complexity index is 806. The van der Waals surface area contributed by atoms with E-state index in [0.717, 1.165) is 22.6 Å². The molecule has 0 spiro atoms. The third kappa shape index (κ3) is 4.32. The topological polar surface area (TPSA) is 65.6 Å². The second-order valence-corrected chi connectivity index (χ2v) is 6.91. The summed E-state index contributed by atoms with van der Waals surface area (Å²) < 4.78 is 5.61. The second kappa shape index (κ2) is 8.29. The van der Waals surface area contributed by atoms with Gasteiger partial charge in [0.05, 0.1) is 13.0 Å². The number of piperazine rings is 1. The van der Waals surface area contributed by atoms with Crippen LogP contribution in [-0.4, -0.2) is 59.4 Å². The molecule has 1 aromatic carbocycles. The highest BCUT2D eigenvalue weighted by Crippen LogP contribution is 2.24. The summed E-state index contributed by atoms with van der Waals surface area (Å²) in [5.74, 6) is 0.944. The van der Waals surface area contributed by atoms with Gasteiger partial charge in [-0.3, -0.25) is 9.59 Å². The summed E-state index contributed by atoms with van der Waals surface area (Å²) in [4.78, 5) is 32.1. The first-order chi connectivity index (χ1) is 13.0. The van der Waals surface area contributed by atoms with Crippen molar-refractivity contribution < 1.29 is 14.3 Å². The number of aryl methyl sites for hydroxylation is 2. The maximum Gasteiger partial charge on any atom is 0.254 e. The minimum absolute atomic E-state index is 0.0233. The number of hydrogen-bond donors (Lipinski definition) is 1. The predicted octanol–water partition coefficient (Wildman–Crippen LogP) is 2.56. The zero-order valence-corrected chi connectivity index (χ0v) is 16.2. The largest absolute Gasteiger partial charge is 0.494 e. The molecule has 0 radical (unpaired) electrons. The fourth-order valence-corrected chi connectivity index (χ4v) is 3.41. The lowest BCUT2D eigenvalue weighted by molar-refractivity contribution is -0.132. The number of nitrogens with one attached hydrogen (secondary N) is 1. The highest BCUT2D eigenvalue weighted by atomic mass is 16.5. The molecule has 0 unspecified atom stereocenters. The molecule has 0 bridgehead atoms. The first-order valence-corrected chi connectivity index (χ1v) is 9.43. The van der Waals surface area contributed by atoms with Crippen molar-refractivity contribution in [3.05, 3.63) is 52.8 Å². The van der Waals surface area contributed by atoms with Crippen molar-refractivity contribution >= 4 is 11.8 Å². The summed E-state index contributed by atoms with van der Waals surface area (Å²) in [5.41, 5.74) is 3.51. The summed E-state index contributed by atoms with van der Waals surface area (Å²) in [7, 11) is 0. The molecule has 1 N–H and O–H groups in total. The van der Waals surface area contributed by atoms with Gasteiger partial charge in [-0.2, -0.15) is 0 Å². The van der Waals surface area contributed by atoms with Crippen molar-refractivity contribution in [2.45, 2.75) is 27.2 Å². The molecule has 27 heavy (non-hydrogen) atoms. The average Bonchev–Trinajstić information content (AvgIpc) is 3.17. The summed E-state index contributed by atoms with van der Waals surface area (Å²) in [6.07, 6.45) is 2.19. The van der Waals surface area contributed by atoms with Gasteiger partial charge in [0, 0.05) is 43.6 Å². The van der Waals surface area contributed by atoms with Crippen LogP contribution in [-0.2, 0) is 11.2 Å². The van der Waals surface area contributed by atoms with Crippen LogP contribution in [0.3, 0.4) is 0 Å². The van der Waals surface area contributed by atoms with Crippen molar-refractivity contribution in [3.8, 4) is 5.75 Å². The van der Waals surface area contributed by atoms with Gasteiger partial charge >= 0.3 is 0 Å². The Balaban J connectivity index is 1.61. The minimum atomic E-state index is 0.0233. The van der Waals surface area contributed by atoms with E-state index < -0.39 is 0 Å². The molecule has 1 aliphatic rings. The molecule has 0 atom stereocenters. The Kier molecular flexibility index (Phi) is 5.84. The van der Waals surface area contributed by atoms with Crippen LogP contribution in [0.1, 0.15) is 34.1 Å². The zero-order valence-electron chi connectivity index (χ0n) is 16.2. The Morgan fingerprint density at radius 3 is 2.41 bits per heavy atom. The molecule has 1 aliphatic heterocycles. The van der Waals surface area contributed by atoms with Gasteiger partial charge in [-0.05, 0) is 56.2 Å². The normalized spacial score (nSPS) is 14.3. The van der Waals surface area contributed by atoms with Crippen LogP contribution < -0.4 is 4.74 Å². The molecule has 2 heterocycles. The number of aromatic amines is 1. The molecule has 2 aromatic rings. The standard InChI is InChI=1S/C21H27N3O3/c1-4-27-19-13-15(2)18(12-16(19)3)21(26)24-10-8-23(9-11-24)20(25)14-17-6-5-7-22-17/h5-7,12-13,22H,4,8-11,14H2,1-3H3. The number of benzene rings is 1. The van der Waals surface area contributed by atoms with E-state index in [4.69, 9.17) is 4.74 Å². The fourth-order valence-electron chi connectivity index (χ4n) is 3.41. The number of carbonyl (C=O) groups excluding carboxylic acids is 2. The van der Waals surface area contributed by atoms with Crippen LogP contribution in [0.5, 0.6) is 5.75 Å². The molecule has 1 saturated heterocycles. The van der Waals surface area contributed by atoms with Crippen LogP contribution >= 0.6 is 0 Å². The molecule has 1 aromatic heterocycles. The van der Waals surface area contributed by atoms with Gasteiger partial charge in [0.2, 0.25) is 5.91 Å². The van der Waals surface area contributed by atoms with E-state index >= 15 is 0 Å². The van der Waals surface area contributed by atoms with Crippen molar-refractivity contribution in [1.29, 1.82) is 0 Å². The van der Waals surface area contributed by atoms with Crippen LogP contribution in [0.4, 0.5) is 0 Å². The van der Waals surface area contributed by atoms with Gasteiger partial charge in [0.1, 0.15) is 5.75 Å². The maximum absolute atomic E-state index is 13.0. The van der Waals surface area contributed by atoms with E-state index in [0.29, 0.717) is 44.8 Å². The number of rotatable bonds is 5. The Morgan fingerprint density at radius 2 is 1.78 bits per heavy atom. The van der Waals surface area contributed by atoms with Crippen LogP contribution in [0, 0.1) is 13.8 Å². The molecule has 0 saturated carbocycles. The van der Waals surface area contributed by atoms with E-state index in [9.17, 15) is 9.59 Å². The number of hydrogen-bond acceptors (Lipinski definition) is 3. The van der Waals surface area contributed by atoms with E-state index in [1.54, 1.807) is 0 Å². The van der Waals surface area contributed by atoms with Crippen molar-refractivity contribution in [2.75, 3.05) is 32.8 Å². The van der Waals surface area contributed by atoms with E-state index in [2.05, 4.69) is 4.98 Å². The van der Waals surface area contributed by atoms with Crippen LogP contribution in [0.15, 0.2) is 30.5 Å². The van der Waals surface area contributed by atoms with Gasteiger partial charge in [-0.1, -0.05) is 0 Å². The number of ether oxygens (including phenoxy) is 1. The Labute approximate surface area is 160 Å².